The fraction of sp³-hybridized carbons (Fsp3) is 0.500. The Labute approximate surface area is 92.1 Å². The minimum Gasteiger partial charge on any atom is -0.466 e. The maximum Gasteiger partial charge on any atom is 0.109 e. The van der Waals surface area contributed by atoms with Crippen LogP contribution in [0.2, 0.25) is 0 Å². The molecule has 3 nitrogen and oxygen atoms in total. The van der Waals surface area contributed by atoms with Gasteiger partial charge in [0, 0.05) is 13.0 Å². The molecule has 0 saturated heterocycles. The molecule has 88 valence electrons. The van der Waals surface area contributed by atoms with Gasteiger partial charge in [-0.2, -0.15) is 0 Å². The summed E-state index contributed by atoms with van der Waals surface area (Å²) in [7, 11) is 1.00. The Morgan fingerprint density at radius 2 is 1.87 bits per heavy atom. The van der Waals surface area contributed by atoms with Crippen molar-refractivity contribution in [3.63, 3.8) is 0 Å². The predicted molar refractivity (Wildman–Crippen MR) is 63.0 cm³/mol. The highest BCUT2D eigenvalue weighted by molar-refractivity contribution is 5.10. The van der Waals surface area contributed by atoms with Crippen molar-refractivity contribution < 1.29 is 14.6 Å². The second-order valence-corrected chi connectivity index (χ2v) is 2.74. The minimum atomic E-state index is 0.170. The van der Waals surface area contributed by atoms with Crippen LogP contribution in [0.4, 0.5) is 0 Å². The van der Waals surface area contributed by atoms with Crippen molar-refractivity contribution >= 4 is 0 Å². The second kappa shape index (κ2) is 11.0. The lowest BCUT2D eigenvalue weighted by atomic mass is 10.1. The highest BCUT2D eigenvalue weighted by Crippen LogP contribution is 2.20. The van der Waals surface area contributed by atoms with Crippen LogP contribution in [-0.4, -0.2) is 23.9 Å². The molecule has 3 heteroatoms. The summed E-state index contributed by atoms with van der Waals surface area (Å²) in [5.74, 6) is 1.98. The highest BCUT2D eigenvalue weighted by Gasteiger charge is 2.10. The minimum absolute atomic E-state index is 0.170. The largest absolute Gasteiger partial charge is 0.466 e. The molecule has 0 amide bonds. The third-order valence-corrected chi connectivity index (χ3v) is 1.88. The Bertz CT molecular complexity index is 227. The molecule has 1 heterocycles. The molecule has 0 aromatic carbocycles. The molecule has 0 bridgehead atoms. The number of rotatable bonds is 3. The summed E-state index contributed by atoms with van der Waals surface area (Å²) in [6.45, 7) is 10.1. The highest BCUT2D eigenvalue weighted by atomic mass is 16.3. The van der Waals surface area contributed by atoms with Crippen LogP contribution in [0.5, 0.6) is 0 Å². The lowest BCUT2D eigenvalue weighted by Gasteiger charge is -2.06. The predicted octanol–water partition coefficient (Wildman–Crippen LogP) is 2.48. The maximum atomic E-state index is 8.93. The summed E-state index contributed by atoms with van der Waals surface area (Å²) in [6.07, 6.45) is 0.920. The van der Waals surface area contributed by atoms with E-state index in [1.54, 1.807) is 0 Å². The molecule has 0 aliphatic rings. The van der Waals surface area contributed by atoms with E-state index in [0.29, 0.717) is 0 Å². The molecule has 0 unspecified atom stereocenters. The van der Waals surface area contributed by atoms with Crippen molar-refractivity contribution in [3.05, 3.63) is 36.8 Å². The molecule has 0 spiro atoms. The van der Waals surface area contributed by atoms with Crippen LogP contribution in [0.3, 0.4) is 0 Å². The molecule has 0 fully saturated rings. The molecule has 0 aliphatic heterocycles. The standard InChI is InChI=1S/C9H14O2.C2H4.CH4O/c1-3-8(6-10)9-5-4-7(2)11-9;2*1-2/h4-5,8,10H,3,6H2,1-2H3;1-2H2;2H,1H3/t8-;;/m0../s1. The number of aryl methyl sites for hydroxylation is 1. The number of aliphatic hydroxyl groups is 2. The molecule has 0 radical (unpaired) electrons. The molecule has 15 heavy (non-hydrogen) atoms. The van der Waals surface area contributed by atoms with Gasteiger partial charge in [-0.15, -0.1) is 13.2 Å². The van der Waals surface area contributed by atoms with Gasteiger partial charge in [0.15, 0.2) is 0 Å². The third kappa shape index (κ3) is 6.10. The van der Waals surface area contributed by atoms with E-state index in [9.17, 15) is 0 Å². The number of furan rings is 1. The van der Waals surface area contributed by atoms with Crippen LogP contribution >= 0.6 is 0 Å². The van der Waals surface area contributed by atoms with Crippen LogP contribution in [-0.2, 0) is 0 Å². The summed E-state index contributed by atoms with van der Waals surface area (Å²) in [5.41, 5.74) is 0. The van der Waals surface area contributed by atoms with Gasteiger partial charge in [0.25, 0.3) is 0 Å². The first-order chi connectivity index (χ1) is 7.27. The maximum absolute atomic E-state index is 8.93. The molecule has 2 N–H and O–H groups in total. The lowest BCUT2D eigenvalue weighted by Crippen LogP contribution is -2.00. The Hall–Kier alpha value is -1.06. The van der Waals surface area contributed by atoms with E-state index in [1.807, 2.05) is 26.0 Å². The fourth-order valence-electron chi connectivity index (χ4n) is 1.09. The molecule has 0 aliphatic carbocycles. The monoisotopic (exact) mass is 214 g/mol. The van der Waals surface area contributed by atoms with Gasteiger partial charge >= 0.3 is 0 Å². The van der Waals surface area contributed by atoms with E-state index in [0.717, 1.165) is 25.1 Å². The lowest BCUT2D eigenvalue weighted by molar-refractivity contribution is 0.244. The quantitative estimate of drug-likeness (QED) is 0.760. The fourth-order valence-corrected chi connectivity index (χ4v) is 1.09. The van der Waals surface area contributed by atoms with Crippen molar-refractivity contribution in [1.29, 1.82) is 0 Å². The smallest absolute Gasteiger partial charge is 0.109 e. The Kier molecular flexibility index (Phi) is 12.0. The summed E-state index contributed by atoms with van der Waals surface area (Å²) in [6, 6.07) is 3.85. The zero-order valence-corrected chi connectivity index (χ0v) is 9.86. The average Bonchev–Trinajstić information content (AvgIpc) is 2.73. The normalized spacial score (nSPS) is 10.5. The number of hydrogen-bond donors (Lipinski definition) is 2. The first kappa shape index (κ1) is 16.4. The topological polar surface area (TPSA) is 53.6 Å². The third-order valence-electron chi connectivity index (χ3n) is 1.88. The van der Waals surface area contributed by atoms with Gasteiger partial charge in [-0.25, -0.2) is 0 Å². The van der Waals surface area contributed by atoms with Crippen LogP contribution in [0.15, 0.2) is 29.7 Å². The van der Waals surface area contributed by atoms with Crippen molar-refractivity contribution in [2.45, 2.75) is 26.2 Å². The number of hydrogen-bond acceptors (Lipinski definition) is 3. The first-order valence-electron chi connectivity index (χ1n) is 4.89. The Balaban J connectivity index is 0. The Morgan fingerprint density at radius 1 is 1.33 bits per heavy atom. The van der Waals surface area contributed by atoms with Gasteiger partial charge in [-0.05, 0) is 25.5 Å². The first-order valence-corrected chi connectivity index (χ1v) is 4.89. The van der Waals surface area contributed by atoms with Gasteiger partial charge in [-0.1, -0.05) is 6.92 Å². The summed E-state index contributed by atoms with van der Waals surface area (Å²) >= 11 is 0. The molecule has 1 atom stereocenters. The second-order valence-electron chi connectivity index (χ2n) is 2.74. The molecular formula is C12H22O3. The van der Waals surface area contributed by atoms with Crippen molar-refractivity contribution in [3.8, 4) is 0 Å². The van der Waals surface area contributed by atoms with Crippen molar-refractivity contribution in [2.75, 3.05) is 13.7 Å². The van der Waals surface area contributed by atoms with Crippen LogP contribution in [0, 0.1) is 6.92 Å². The van der Waals surface area contributed by atoms with Crippen LogP contribution < -0.4 is 0 Å². The van der Waals surface area contributed by atoms with Gasteiger partial charge in [0.1, 0.15) is 11.5 Å². The number of aliphatic hydroxyl groups excluding tert-OH is 2. The van der Waals surface area contributed by atoms with Gasteiger partial charge in [-0.3, -0.25) is 0 Å². The SMILES string of the molecule is C=C.CC[C@@H](CO)c1ccc(C)o1.CO. The van der Waals surface area contributed by atoms with Crippen LogP contribution in [0.25, 0.3) is 0 Å². The zero-order valence-electron chi connectivity index (χ0n) is 9.86. The Morgan fingerprint density at radius 3 is 2.13 bits per heavy atom. The van der Waals surface area contributed by atoms with E-state index in [-0.39, 0.29) is 12.5 Å². The van der Waals surface area contributed by atoms with Gasteiger partial charge in [0.05, 0.1) is 6.61 Å². The van der Waals surface area contributed by atoms with Gasteiger partial charge in [0.2, 0.25) is 0 Å². The molecular weight excluding hydrogens is 192 g/mol. The molecule has 1 aromatic rings. The summed E-state index contributed by atoms with van der Waals surface area (Å²) in [5, 5.41) is 15.9. The van der Waals surface area contributed by atoms with Crippen molar-refractivity contribution in [2.24, 2.45) is 0 Å². The molecule has 0 saturated carbocycles. The summed E-state index contributed by atoms with van der Waals surface area (Å²) in [4.78, 5) is 0. The average molecular weight is 214 g/mol. The molecule has 1 aromatic heterocycles. The van der Waals surface area contributed by atoms with Crippen molar-refractivity contribution in [1.82, 2.24) is 0 Å². The van der Waals surface area contributed by atoms with Gasteiger partial charge < -0.3 is 14.6 Å². The molecule has 1 rings (SSSR count). The summed E-state index contributed by atoms with van der Waals surface area (Å²) < 4.78 is 5.37. The van der Waals surface area contributed by atoms with E-state index >= 15 is 0 Å². The van der Waals surface area contributed by atoms with E-state index in [2.05, 4.69) is 13.2 Å². The van der Waals surface area contributed by atoms with E-state index in [1.165, 1.54) is 0 Å². The van der Waals surface area contributed by atoms with E-state index < -0.39 is 0 Å². The van der Waals surface area contributed by atoms with Crippen LogP contribution in [0.1, 0.15) is 30.8 Å². The van der Waals surface area contributed by atoms with E-state index in [4.69, 9.17) is 14.6 Å². The zero-order chi connectivity index (χ0) is 12.3.